The van der Waals surface area contributed by atoms with Crippen LogP contribution in [0.1, 0.15) is 62.2 Å². The van der Waals surface area contributed by atoms with Crippen LogP contribution in [0.2, 0.25) is 0 Å². The molecule has 1 aliphatic heterocycles. The summed E-state index contributed by atoms with van der Waals surface area (Å²) < 4.78 is 0. The molecule has 5 nitrogen and oxygen atoms in total. The number of aryl methyl sites for hydroxylation is 3. The molecule has 2 aromatic heterocycles. The van der Waals surface area contributed by atoms with Gasteiger partial charge in [0.05, 0.1) is 5.69 Å². The first-order valence-corrected chi connectivity index (χ1v) is 11.7. The Morgan fingerprint density at radius 2 is 2.00 bits per heavy atom. The number of rotatable bonds is 5. The number of pyridine rings is 1. The number of hydrogen-bond donors (Lipinski definition) is 1. The third-order valence-electron chi connectivity index (χ3n) is 5.86. The fourth-order valence-electron chi connectivity index (χ4n) is 4.39. The molecule has 3 aromatic rings. The average Bonchev–Trinajstić information content (AvgIpc) is 3.13. The molecule has 1 amide bonds. The first-order valence-electron chi connectivity index (χ1n) is 10.9. The van der Waals surface area contributed by atoms with E-state index in [9.17, 15) is 4.79 Å². The third kappa shape index (κ3) is 4.96. The van der Waals surface area contributed by atoms with Gasteiger partial charge in [0, 0.05) is 37.4 Å². The van der Waals surface area contributed by atoms with E-state index in [0.29, 0.717) is 6.54 Å². The number of amides is 1. The number of nitrogens with one attached hydrogen (secondary N) is 1. The third-order valence-corrected chi connectivity index (χ3v) is 7.02. The Hall–Kier alpha value is -2.73. The molecular formula is C25H30N4OS. The number of hydrogen-bond acceptors (Lipinski definition) is 5. The summed E-state index contributed by atoms with van der Waals surface area (Å²) >= 11 is 1.44. The number of carbonyl (C=O) groups excluding carboxylic acids is 1. The molecular weight excluding hydrogens is 404 g/mol. The molecule has 1 saturated heterocycles. The minimum absolute atomic E-state index is 0.0915. The highest BCUT2D eigenvalue weighted by molar-refractivity contribution is 7.17. The van der Waals surface area contributed by atoms with Gasteiger partial charge in [0.1, 0.15) is 4.88 Å². The zero-order chi connectivity index (χ0) is 22.0. The number of aromatic nitrogens is 2. The number of likely N-dealkylation sites (tertiary alicyclic amines) is 1. The Labute approximate surface area is 188 Å². The van der Waals surface area contributed by atoms with Crippen molar-refractivity contribution in [3.63, 3.8) is 0 Å². The van der Waals surface area contributed by atoms with Crippen LogP contribution in [0.3, 0.4) is 0 Å². The summed E-state index contributed by atoms with van der Waals surface area (Å²) in [5, 5.41) is 3.83. The van der Waals surface area contributed by atoms with Crippen molar-refractivity contribution >= 4 is 22.4 Å². The van der Waals surface area contributed by atoms with E-state index < -0.39 is 0 Å². The van der Waals surface area contributed by atoms with Crippen LogP contribution in [0.15, 0.2) is 36.4 Å². The van der Waals surface area contributed by atoms with Crippen LogP contribution in [0.4, 0.5) is 5.13 Å². The SMILES string of the molecule is CNc1nc(C)c(C(=O)N2CCC[C@H](c3cc(Cc4cccc(C)c4)cc(C)n3)C2)s1. The van der Waals surface area contributed by atoms with Gasteiger partial charge in [-0.05, 0) is 63.3 Å². The van der Waals surface area contributed by atoms with E-state index in [1.54, 1.807) is 0 Å². The zero-order valence-electron chi connectivity index (χ0n) is 18.7. The molecule has 3 heterocycles. The van der Waals surface area contributed by atoms with Crippen molar-refractivity contribution in [2.24, 2.45) is 0 Å². The van der Waals surface area contributed by atoms with Crippen molar-refractivity contribution in [1.29, 1.82) is 0 Å². The largest absolute Gasteiger partial charge is 0.365 e. The van der Waals surface area contributed by atoms with Crippen LogP contribution >= 0.6 is 11.3 Å². The quantitative estimate of drug-likeness (QED) is 0.606. The van der Waals surface area contributed by atoms with Gasteiger partial charge in [-0.1, -0.05) is 41.2 Å². The molecule has 6 heteroatoms. The number of piperidine rings is 1. The van der Waals surface area contributed by atoms with Gasteiger partial charge >= 0.3 is 0 Å². The van der Waals surface area contributed by atoms with Gasteiger partial charge in [-0.15, -0.1) is 0 Å². The molecule has 0 aliphatic carbocycles. The Morgan fingerprint density at radius 1 is 1.16 bits per heavy atom. The molecule has 162 valence electrons. The monoisotopic (exact) mass is 434 g/mol. The highest BCUT2D eigenvalue weighted by atomic mass is 32.1. The molecule has 1 fully saturated rings. The van der Waals surface area contributed by atoms with E-state index in [1.807, 2.05) is 18.9 Å². The Bertz CT molecular complexity index is 1090. The summed E-state index contributed by atoms with van der Waals surface area (Å²) in [7, 11) is 1.83. The van der Waals surface area contributed by atoms with E-state index >= 15 is 0 Å². The number of benzene rings is 1. The Morgan fingerprint density at radius 3 is 2.74 bits per heavy atom. The van der Waals surface area contributed by atoms with Crippen LogP contribution in [0, 0.1) is 20.8 Å². The highest BCUT2D eigenvalue weighted by Crippen LogP contribution is 2.30. The molecule has 0 spiro atoms. The van der Waals surface area contributed by atoms with Crippen molar-refractivity contribution < 1.29 is 4.79 Å². The Balaban J connectivity index is 1.53. The maximum atomic E-state index is 13.2. The first kappa shape index (κ1) is 21.5. The fourth-order valence-corrected chi connectivity index (χ4v) is 5.27. The first-order chi connectivity index (χ1) is 14.9. The van der Waals surface area contributed by atoms with Crippen LogP contribution in [-0.2, 0) is 6.42 Å². The van der Waals surface area contributed by atoms with Crippen molar-refractivity contribution in [3.8, 4) is 0 Å². The van der Waals surface area contributed by atoms with Crippen molar-refractivity contribution in [1.82, 2.24) is 14.9 Å². The molecule has 4 rings (SSSR count). The van der Waals surface area contributed by atoms with Gasteiger partial charge in [-0.2, -0.15) is 0 Å². The van der Waals surface area contributed by atoms with Crippen molar-refractivity contribution in [3.05, 3.63) is 75.0 Å². The van der Waals surface area contributed by atoms with E-state index in [-0.39, 0.29) is 11.8 Å². The van der Waals surface area contributed by atoms with Crippen LogP contribution in [0.25, 0.3) is 0 Å². The summed E-state index contributed by atoms with van der Waals surface area (Å²) in [6, 6.07) is 13.1. The minimum Gasteiger partial charge on any atom is -0.365 e. The average molecular weight is 435 g/mol. The second-order valence-corrected chi connectivity index (χ2v) is 9.48. The predicted molar refractivity (Wildman–Crippen MR) is 127 cm³/mol. The molecule has 1 aromatic carbocycles. The van der Waals surface area contributed by atoms with Gasteiger partial charge in [-0.25, -0.2) is 4.98 Å². The number of carbonyl (C=O) groups is 1. The molecule has 1 aliphatic rings. The zero-order valence-corrected chi connectivity index (χ0v) is 19.6. The lowest BCUT2D eigenvalue weighted by molar-refractivity contribution is 0.0710. The topological polar surface area (TPSA) is 58.1 Å². The highest BCUT2D eigenvalue weighted by Gasteiger charge is 2.28. The summed E-state index contributed by atoms with van der Waals surface area (Å²) in [6.45, 7) is 7.61. The van der Waals surface area contributed by atoms with Gasteiger partial charge in [-0.3, -0.25) is 9.78 Å². The minimum atomic E-state index is 0.0915. The second kappa shape index (κ2) is 9.18. The maximum Gasteiger partial charge on any atom is 0.265 e. The number of thiazole rings is 1. The molecule has 0 radical (unpaired) electrons. The molecule has 0 bridgehead atoms. The van der Waals surface area contributed by atoms with Crippen LogP contribution in [-0.4, -0.2) is 40.9 Å². The molecule has 0 unspecified atom stereocenters. The molecule has 1 N–H and O–H groups in total. The normalized spacial score (nSPS) is 16.4. The van der Waals surface area contributed by atoms with E-state index in [4.69, 9.17) is 4.98 Å². The summed E-state index contributed by atoms with van der Waals surface area (Å²) in [5.41, 5.74) is 6.84. The van der Waals surface area contributed by atoms with Gasteiger partial charge in [0.25, 0.3) is 5.91 Å². The van der Waals surface area contributed by atoms with Gasteiger partial charge in [0.15, 0.2) is 5.13 Å². The molecule has 0 saturated carbocycles. The lowest BCUT2D eigenvalue weighted by atomic mass is 9.92. The van der Waals surface area contributed by atoms with Gasteiger partial charge < -0.3 is 10.2 Å². The van der Waals surface area contributed by atoms with Gasteiger partial charge in [0.2, 0.25) is 0 Å². The number of anilines is 1. The predicted octanol–water partition coefficient (Wildman–Crippen LogP) is 5.12. The van der Waals surface area contributed by atoms with Crippen molar-refractivity contribution in [2.75, 3.05) is 25.5 Å². The van der Waals surface area contributed by atoms with Crippen LogP contribution in [0.5, 0.6) is 0 Å². The van der Waals surface area contributed by atoms with E-state index in [1.165, 1.54) is 28.0 Å². The Kier molecular flexibility index (Phi) is 6.37. The summed E-state index contributed by atoms with van der Waals surface area (Å²) in [6.07, 6.45) is 2.96. The molecule has 31 heavy (non-hydrogen) atoms. The fraction of sp³-hybridized carbons (Fsp3) is 0.400. The lowest BCUT2D eigenvalue weighted by Gasteiger charge is -2.32. The van der Waals surface area contributed by atoms with E-state index in [2.05, 4.69) is 60.5 Å². The standard InChI is InChI=1S/C25H30N4OS/c1-16-7-5-8-19(11-16)13-20-12-17(2)27-22(14-20)21-9-6-10-29(15-21)24(30)23-18(3)28-25(26-4)31-23/h5,7-8,11-12,14,21H,6,9-10,13,15H2,1-4H3,(H,26,28)/t21-/m0/s1. The summed E-state index contributed by atoms with van der Waals surface area (Å²) in [4.78, 5) is 25.2. The van der Waals surface area contributed by atoms with E-state index in [0.717, 1.165) is 52.9 Å². The summed E-state index contributed by atoms with van der Waals surface area (Å²) in [5.74, 6) is 0.361. The molecule has 1 atom stereocenters. The number of nitrogens with zero attached hydrogens (tertiary/aromatic N) is 3. The van der Waals surface area contributed by atoms with Crippen LogP contribution < -0.4 is 5.32 Å². The second-order valence-electron chi connectivity index (χ2n) is 8.48. The van der Waals surface area contributed by atoms with Crippen molar-refractivity contribution in [2.45, 2.75) is 46.0 Å². The smallest absolute Gasteiger partial charge is 0.265 e. The maximum absolute atomic E-state index is 13.2. The lowest BCUT2D eigenvalue weighted by Crippen LogP contribution is -2.39.